The van der Waals surface area contributed by atoms with Crippen LogP contribution in [0.2, 0.25) is 0 Å². The van der Waals surface area contributed by atoms with Gasteiger partial charge in [-0.05, 0) is 30.7 Å². The zero-order chi connectivity index (χ0) is 14.6. The lowest BCUT2D eigenvalue weighted by atomic mass is 10.1. The molecule has 0 amide bonds. The molecule has 0 aliphatic rings. The van der Waals surface area contributed by atoms with Gasteiger partial charge < -0.3 is 4.74 Å². The van der Waals surface area contributed by atoms with E-state index in [1.165, 1.54) is 32.1 Å². The van der Waals surface area contributed by atoms with Crippen molar-refractivity contribution < 1.29 is 9.53 Å². The van der Waals surface area contributed by atoms with Crippen LogP contribution in [0.4, 0.5) is 0 Å². The molecule has 0 heterocycles. The number of carbonyl (C=O) groups is 1. The van der Waals surface area contributed by atoms with Crippen molar-refractivity contribution in [3.63, 3.8) is 0 Å². The summed E-state index contributed by atoms with van der Waals surface area (Å²) in [6.45, 7) is 2.72. The van der Waals surface area contributed by atoms with Crippen molar-refractivity contribution in [3.8, 4) is 12.3 Å². The molecule has 20 heavy (non-hydrogen) atoms. The van der Waals surface area contributed by atoms with Crippen LogP contribution in [0.15, 0.2) is 24.3 Å². The van der Waals surface area contributed by atoms with E-state index in [1.807, 2.05) is 0 Å². The van der Waals surface area contributed by atoms with Crippen LogP contribution in [0, 0.1) is 12.3 Å². The van der Waals surface area contributed by atoms with Gasteiger partial charge in [0.05, 0.1) is 12.2 Å². The summed E-state index contributed by atoms with van der Waals surface area (Å²) in [5.41, 5.74) is 1.33. The van der Waals surface area contributed by atoms with E-state index >= 15 is 0 Å². The number of hydrogen-bond donors (Lipinski definition) is 0. The van der Waals surface area contributed by atoms with Crippen LogP contribution >= 0.6 is 0 Å². The highest BCUT2D eigenvalue weighted by Gasteiger charge is 2.05. The van der Waals surface area contributed by atoms with Gasteiger partial charge in [0.25, 0.3) is 0 Å². The predicted octanol–water partition coefficient (Wildman–Crippen LogP) is 4.58. The summed E-state index contributed by atoms with van der Waals surface area (Å²) in [6.07, 6.45) is 13.8. The third-order valence-electron chi connectivity index (χ3n) is 3.27. The molecule has 1 aromatic rings. The molecule has 0 bridgehead atoms. The van der Waals surface area contributed by atoms with E-state index in [0.29, 0.717) is 12.2 Å². The second kappa shape index (κ2) is 10.1. The Balaban J connectivity index is 2.12. The summed E-state index contributed by atoms with van der Waals surface area (Å²) in [4.78, 5) is 11.7. The third-order valence-corrected chi connectivity index (χ3v) is 3.27. The van der Waals surface area contributed by atoms with E-state index in [4.69, 9.17) is 11.2 Å². The summed E-state index contributed by atoms with van der Waals surface area (Å²) in [7, 11) is 0. The topological polar surface area (TPSA) is 26.3 Å². The third kappa shape index (κ3) is 6.43. The van der Waals surface area contributed by atoms with E-state index in [1.54, 1.807) is 24.3 Å². The molecule has 0 saturated heterocycles. The molecule has 0 unspecified atom stereocenters. The molecule has 0 fully saturated rings. The molecule has 0 radical (unpaired) electrons. The van der Waals surface area contributed by atoms with Gasteiger partial charge in [-0.2, -0.15) is 0 Å². The molecule has 2 nitrogen and oxygen atoms in total. The lowest BCUT2D eigenvalue weighted by Gasteiger charge is -2.05. The van der Waals surface area contributed by atoms with Crippen LogP contribution in [0.1, 0.15) is 67.8 Å². The highest BCUT2D eigenvalue weighted by Crippen LogP contribution is 2.08. The molecule has 0 spiro atoms. The number of rotatable bonds is 9. The Morgan fingerprint density at radius 2 is 1.65 bits per heavy atom. The Labute approximate surface area is 122 Å². The SMILES string of the molecule is C#Cc1ccc(C(=O)OCCCCCCCCC)cc1. The Morgan fingerprint density at radius 3 is 2.25 bits per heavy atom. The second-order valence-corrected chi connectivity index (χ2v) is 4.98. The fourth-order valence-electron chi connectivity index (χ4n) is 2.01. The second-order valence-electron chi connectivity index (χ2n) is 4.98. The minimum Gasteiger partial charge on any atom is -0.462 e. The molecule has 0 atom stereocenters. The zero-order valence-electron chi connectivity index (χ0n) is 12.4. The molecule has 0 aliphatic heterocycles. The maximum atomic E-state index is 11.7. The number of esters is 1. The minimum atomic E-state index is -0.264. The van der Waals surface area contributed by atoms with Crippen LogP contribution < -0.4 is 0 Å². The Bertz CT molecular complexity index is 426. The summed E-state index contributed by atoms with van der Waals surface area (Å²) < 4.78 is 5.24. The van der Waals surface area contributed by atoms with Gasteiger partial charge in [-0.3, -0.25) is 0 Å². The normalized spacial score (nSPS) is 10.0. The number of terminal acetylenes is 1. The average Bonchev–Trinajstić information content (AvgIpc) is 2.50. The van der Waals surface area contributed by atoms with Crippen molar-refractivity contribution in [2.75, 3.05) is 6.61 Å². The van der Waals surface area contributed by atoms with E-state index in [-0.39, 0.29) is 5.97 Å². The van der Waals surface area contributed by atoms with Crippen molar-refractivity contribution in [2.24, 2.45) is 0 Å². The molecular formula is C18H24O2. The molecule has 2 heteroatoms. The van der Waals surface area contributed by atoms with Gasteiger partial charge >= 0.3 is 5.97 Å². The summed E-state index contributed by atoms with van der Waals surface area (Å²) >= 11 is 0. The Hall–Kier alpha value is -1.75. The minimum absolute atomic E-state index is 0.264. The van der Waals surface area contributed by atoms with Crippen LogP contribution in [0.25, 0.3) is 0 Å². The lowest BCUT2D eigenvalue weighted by Crippen LogP contribution is -2.06. The molecule has 0 aliphatic carbocycles. The summed E-state index contributed by atoms with van der Waals surface area (Å²) in [6, 6.07) is 6.93. The first kappa shape index (κ1) is 16.3. The van der Waals surface area contributed by atoms with E-state index in [0.717, 1.165) is 18.4 Å². The fourth-order valence-corrected chi connectivity index (χ4v) is 2.01. The van der Waals surface area contributed by atoms with Gasteiger partial charge in [0.1, 0.15) is 0 Å². The van der Waals surface area contributed by atoms with Gasteiger partial charge in [0.2, 0.25) is 0 Å². The highest BCUT2D eigenvalue weighted by atomic mass is 16.5. The Morgan fingerprint density at radius 1 is 1.05 bits per heavy atom. The average molecular weight is 272 g/mol. The van der Waals surface area contributed by atoms with Crippen LogP contribution in [0.5, 0.6) is 0 Å². The van der Waals surface area contributed by atoms with Crippen molar-refractivity contribution in [3.05, 3.63) is 35.4 Å². The predicted molar refractivity (Wildman–Crippen MR) is 82.7 cm³/mol. The largest absolute Gasteiger partial charge is 0.462 e. The van der Waals surface area contributed by atoms with E-state index in [2.05, 4.69) is 12.8 Å². The van der Waals surface area contributed by atoms with Crippen molar-refractivity contribution in [1.82, 2.24) is 0 Å². The quantitative estimate of drug-likeness (QED) is 0.374. The summed E-state index contributed by atoms with van der Waals surface area (Å²) in [5.74, 6) is 2.26. The van der Waals surface area contributed by atoms with Crippen molar-refractivity contribution in [2.45, 2.75) is 51.9 Å². The summed E-state index contributed by atoms with van der Waals surface area (Å²) in [5, 5.41) is 0. The van der Waals surface area contributed by atoms with Crippen LogP contribution in [0.3, 0.4) is 0 Å². The first-order chi connectivity index (χ1) is 9.77. The number of ether oxygens (including phenoxy) is 1. The molecule has 0 saturated carbocycles. The standard InChI is InChI=1S/C18H24O2/c1-3-5-6-7-8-9-10-15-20-18(19)17-13-11-16(4-2)12-14-17/h2,11-14H,3,5-10,15H2,1H3. The van der Waals surface area contributed by atoms with Gasteiger partial charge in [0.15, 0.2) is 0 Å². The van der Waals surface area contributed by atoms with Crippen LogP contribution in [-0.4, -0.2) is 12.6 Å². The fraction of sp³-hybridized carbons (Fsp3) is 0.500. The molecule has 108 valence electrons. The van der Waals surface area contributed by atoms with Gasteiger partial charge in [-0.15, -0.1) is 6.42 Å². The molecule has 1 rings (SSSR count). The smallest absolute Gasteiger partial charge is 0.338 e. The molecular weight excluding hydrogens is 248 g/mol. The van der Waals surface area contributed by atoms with Crippen molar-refractivity contribution in [1.29, 1.82) is 0 Å². The zero-order valence-corrected chi connectivity index (χ0v) is 12.4. The monoisotopic (exact) mass is 272 g/mol. The molecule has 1 aromatic carbocycles. The number of carbonyl (C=O) groups excluding carboxylic acids is 1. The van der Waals surface area contributed by atoms with Gasteiger partial charge in [0, 0.05) is 5.56 Å². The van der Waals surface area contributed by atoms with E-state index in [9.17, 15) is 4.79 Å². The Kier molecular flexibility index (Phi) is 8.22. The van der Waals surface area contributed by atoms with Crippen LogP contribution in [-0.2, 0) is 4.74 Å². The number of benzene rings is 1. The van der Waals surface area contributed by atoms with E-state index < -0.39 is 0 Å². The lowest BCUT2D eigenvalue weighted by molar-refractivity contribution is 0.0497. The van der Waals surface area contributed by atoms with Gasteiger partial charge in [-0.1, -0.05) is 51.4 Å². The first-order valence-corrected chi connectivity index (χ1v) is 7.51. The number of unbranched alkanes of at least 4 members (excludes halogenated alkanes) is 6. The molecule has 0 aromatic heterocycles. The highest BCUT2D eigenvalue weighted by molar-refractivity contribution is 5.89. The van der Waals surface area contributed by atoms with Crippen molar-refractivity contribution >= 4 is 5.97 Å². The first-order valence-electron chi connectivity index (χ1n) is 7.51. The maximum absolute atomic E-state index is 11.7. The van der Waals surface area contributed by atoms with Gasteiger partial charge in [-0.25, -0.2) is 4.79 Å². The number of hydrogen-bond acceptors (Lipinski definition) is 2. The molecule has 0 N–H and O–H groups in total. The maximum Gasteiger partial charge on any atom is 0.338 e.